The SMILES string of the molecule is FC(F)(F)C(F)(F)O[Si](OC(F)(C(F)(F)F)C(F)(F)C(F)(F)C(F)(F)C(F)(F)C(F)(F)C(F)(F)F)(C(F)(F)F)C(F)(F)C(F)(F)F. The van der Waals surface area contributed by atoms with Gasteiger partial charge in [-0.3, -0.25) is 0 Å². The summed E-state index contributed by atoms with van der Waals surface area (Å²) in [7, 11) is -11.8. The molecule has 0 radical (unpaired) electrons. The summed E-state index contributed by atoms with van der Waals surface area (Å²) >= 11 is 0. The second-order valence-corrected chi connectivity index (χ2v) is 10.7. The Bertz CT molecular complexity index is 1090. The van der Waals surface area contributed by atoms with Crippen LogP contribution in [0.25, 0.3) is 0 Å². The van der Waals surface area contributed by atoms with Gasteiger partial charge >= 0.3 is 86.2 Å². The number of hydrogen-bond donors (Lipinski definition) is 0. The third-order valence-corrected chi connectivity index (χ3v) is 7.70. The van der Waals surface area contributed by atoms with E-state index < -0.39 is 86.2 Å². The van der Waals surface area contributed by atoms with Crippen LogP contribution in [0.3, 0.4) is 0 Å². The molecule has 0 amide bonds. The van der Waals surface area contributed by atoms with Gasteiger partial charge in [0.25, 0.3) is 0 Å². The Balaban J connectivity index is 8.37. The zero-order valence-corrected chi connectivity index (χ0v) is 20.2. The minimum Gasteiger partial charge on any atom is -0.340 e. The molecule has 0 aromatic heterocycles. The van der Waals surface area contributed by atoms with Crippen molar-refractivity contribution in [3.05, 3.63) is 0 Å². The van der Waals surface area contributed by atoms with Crippen LogP contribution in [-0.4, -0.2) is 86.2 Å². The van der Waals surface area contributed by atoms with Gasteiger partial charge in [0.05, 0.1) is 0 Å². The molecule has 0 heterocycles. The molecule has 0 fully saturated rings. The summed E-state index contributed by atoms with van der Waals surface area (Å²) in [4.78, 5) is 0. The van der Waals surface area contributed by atoms with E-state index >= 15 is 0 Å². The van der Waals surface area contributed by atoms with Crippen molar-refractivity contribution in [3.8, 4) is 0 Å². The molecular weight excluding hydrogens is 786 g/mol. The van der Waals surface area contributed by atoms with Gasteiger partial charge < -0.3 is 8.85 Å². The molecule has 0 aliphatic carbocycles. The van der Waals surface area contributed by atoms with Crippen LogP contribution in [0.2, 0.25) is 0 Å². The fourth-order valence-corrected chi connectivity index (χ4v) is 4.71. The van der Waals surface area contributed by atoms with Crippen molar-refractivity contribution in [2.45, 2.75) is 77.6 Å². The zero-order valence-electron chi connectivity index (χ0n) is 19.2. The van der Waals surface area contributed by atoms with Crippen molar-refractivity contribution in [2.24, 2.45) is 0 Å². The summed E-state index contributed by atoms with van der Waals surface area (Å²) in [6.07, 6.45) is -43.3. The van der Waals surface area contributed by atoms with E-state index in [9.17, 15) is 132 Å². The van der Waals surface area contributed by atoms with Gasteiger partial charge in [-0.15, -0.1) is 0 Å². The topological polar surface area (TPSA) is 18.5 Å². The van der Waals surface area contributed by atoms with E-state index in [2.05, 4.69) is 0 Å². The van der Waals surface area contributed by atoms with Crippen LogP contribution < -0.4 is 0 Å². The van der Waals surface area contributed by atoms with Crippen molar-refractivity contribution in [2.75, 3.05) is 0 Å². The summed E-state index contributed by atoms with van der Waals surface area (Å²) in [6, 6.07) is 0. The highest BCUT2D eigenvalue weighted by Gasteiger charge is 2.99. The summed E-state index contributed by atoms with van der Waals surface area (Å²) in [5.41, 5.74) is -9.27. The lowest BCUT2D eigenvalue weighted by Gasteiger charge is -2.47. The van der Waals surface area contributed by atoms with Gasteiger partial charge in [0.15, 0.2) is 0 Å². The molecule has 278 valence electrons. The van der Waals surface area contributed by atoms with Crippen LogP contribution in [0, 0.1) is 0 Å². The first-order valence-electron chi connectivity index (χ1n) is 9.24. The first-order chi connectivity index (χ1) is 19.2. The standard InChI is InChI=1S/C13F30O2Si/c14-1(15,3(18,19)5(22,23)7(25,26)27)2(16,17)4(20,21)6(24,8(28,29)30)44-46(13(41,42)43,12(39,40)10(34,35)36)45-11(37,38)9(31,32)33. The molecule has 0 saturated carbocycles. The molecule has 46 heavy (non-hydrogen) atoms. The molecule has 2 atom stereocenters. The van der Waals surface area contributed by atoms with Crippen LogP contribution in [0.5, 0.6) is 0 Å². The normalized spacial score (nSPS) is 19.2. The van der Waals surface area contributed by atoms with Gasteiger partial charge in [-0.25, -0.2) is 0 Å². The Labute approximate surface area is 228 Å². The van der Waals surface area contributed by atoms with E-state index in [1.54, 1.807) is 0 Å². The minimum atomic E-state index is -11.8. The van der Waals surface area contributed by atoms with E-state index in [0.717, 1.165) is 8.85 Å². The maximum atomic E-state index is 14.5. The molecule has 33 heteroatoms. The quantitative estimate of drug-likeness (QED) is 0.163. The van der Waals surface area contributed by atoms with Crippen LogP contribution in [0.1, 0.15) is 0 Å². The van der Waals surface area contributed by atoms with E-state index in [0.29, 0.717) is 0 Å². The van der Waals surface area contributed by atoms with Gasteiger partial charge in [-0.05, 0) is 0 Å². The Morgan fingerprint density at radius 3 is 0.826 bits per heavy atom. The van der Waals surface area contributed by atoms with Crippen LogP contribution >= 0.6 is 0 Å². The van der Waals surface area contributed by atoms with Crippen molar-refractivity contribution in [1.29, 1.82) is 0 Å². The molecule has 0 aliphatic rings. The Kier molecular flexibility index (Phi) is 10.3. The van der Waals surface area contributed by atoms with Crippen LogP contribution in [0.15, 0.2) is 0 Å². The second-order valence-electron chi connectivity index (χ2n) is 7.87. The summed E-state index contributed by atoms with van der Waals surface area (Å²) in [5, 5.41) is 0. The monoisotopic (exact) mass is 786 g/mol. The van der Waals surface area contributed by atoms with E-state index in [4.69, 9.17) is 0 Å². The number of halogens is 30. The molecule has 0 saturated heterocycles. The number of hydrogen-bond acceptors (Lipinski definition) is 2. The average Bonchev–Trinajstić information content (AvgIpc) is 2.73. The minimum absolute atomic E-state index is 0.821. The van der Waals surface area contributed by atoms with Gasteiger partial charge in [-0.2, -0.15) is 132 Å². The Hall–Kier alpha value is -1.96. The van der Waals surface area contributed by atoms with Gasteiger partial charge in [0.2, 0.25) is 0 Å². The lowest BCUT2D eigenvalue weighted by Crippen LogP contribution is -2.82. The van der Waals surface area contributed by atoms with E-state index in [1.165, 1.54) is 0 Å². The first-order valence-corrected chi connectivity index (χ1v) is 11.1. The fourth-order valence-electron chi connectivity index (χ4n) is 2.34. The molecule has 0 rings (SSSR count). The lowest BCUT2D eigenvalue weighted by atomic mass is 9.90. The fraction of sp³-hybridized carbons (Fsp3) is 1.00. The van der Waals surface area contributed by atoms with Crippen molar-refractivity contribution in [3.63, 3.8) is 0 Å². The van der Waals surface area contributed by atoms with Crippen molar-refractivity contribution in [1.82, 2.24) is 0 Å². The van der Waals surface area contributed by atoms with Crippen molar-refractivity contribution >= 4 is 8.56 Å². The molecule has 0 spiro atoms. The zero-order chi connectivity index (χ0) is 38.4. The van der Waals surface area contributed by atoms with Crippen molar-refractivity contribution < 1.29 is 141 Å². The average molecular weight is 786 g/mol. The largest absolute Gasteiger partial charge is 0.549 e. The summed E-state index contributed by atoms with van der Waals surface area (Å²) in [5.74, 6) is -67.0. The first kappa shape index (κ1) is 44.0. The van der Waals surface area contributed by atoms with Gasteiger partial charge in [0.1, 0.15) is 0 Å². The molecule has 0 aliphatic heterocycles. The van der Waals surface area contributed by atoms with Crippen LogP contribution in [-0.2, 0) is 8.85 Å². The smallest absolute Gasteiger partial charge is 0.340 e. The van der Waals surface area contributed by atoms with Gasteiger partial charge in [0, 0.05) is 0 Å². The van der Waals surface area contributed by atoms with E-state index in [1.807, 2.05) is 0 Å². The summed E-state index contributed by atoms with van der Waals surface area (Å²) < 4.78 is 395. The second kappa shape index (κ2) is 10.8. The number of rotatable bonds is 10. The van der Waals surface area contributed by atoms with Gasteiger partial charge in [-0.1, -0.05) is 0 Å². The Morgan fingerprint density at radius 2 is 0.587 bits per heavy atom. The lowest BCUT2D eigenvalue weighted by molar-refractivity contribution is -0.480. The molecule has 2 unspecified atom stereocenters. The molecular formula is C13F30O2Si. The summed E-state index contributed by atoms with van der Waals surface area (Å²) in [6.45, 7) is 0. The third-order valence-electron chi connectivity index (χ3n) is 4.73. The predicted molar refractivity (Wildman–Crippen MR) is 76.7 cm³/mol. The highest BCUT2D eigenvalue weighted by atomic mass is 28.4. The van der Waals surface area contributed by atoms with E-state index in [-0.39, 0.29) is 0 Å². The molecule has 0 aromatic carbocycles. The molecule has 0 bridgehead atoms. The maximum Gasteiger partial charge on any atom is 0.549 e. The molecule has 2 nitrogen and oxygen atoms in total. The molecule has 0 aromatic rings. The number of alkyl halides is 30. The maximum absolute atomic E-state index is 14.5. The third kappa shape index (κ3) is 5.95. The highest BCUT2D eigenvalue weighted by molar-refractivity contribution is 6.72. The highest BCUT2D eigenvalue weighted by Crippen LogP contribution is 2.66. The Morgan fingerprint density at radius 1 is 0.283 bits per heavy atom. The predicted octanol–water partition coefficient (Wildman–Crippen LogP) is 9.42. The molecule has 0 N–H and O–H groups in total. The van der Waals surface area contributed by atoms with Crippen LogP contribution in [0.4, 0.5) is 132 Å².